The summed E-state index contributed by atoms with van der Waals surface area (Å²) in [6.07, 6.45) is 0.911. The summed E-state index contributed by atoms with van der Waals surface area (Å²) in [5.74, 6) is 0.245. The minimum atomic E-state index is -0.161. The average Bonchev–Trinajstić information content (AvgIpc) is 2.50. The Morgan fingerprint density at radius 1 is 1.14 bits per heavy atom. The fourth-order valence-corrected chi connectivity index (χ4v) is 3.71. The Bertz CT molecular complexity index is 646. The Morgan fingerprint density at radius 3 is 2.81 bits per heavy atom. The van der Waals surface area contributed by atoms with Crippen molar-refractivity contribution in [1.29, 1.82) is 0 Å². The first-order valence-corrected chi connectivity index (χ1v) is 8.23. The fourth-order valence-electron chi connectivity index (χ4n) is 3.12. The van der Waals surface area contributed by atoms with Crippen molar-refractivity contribution in [3.63, 3.8) is 0 Å². The summed E-state index contributed by atoms with van der Waals surface area (Å²) in [7, 11) is 0. The topological polar surface area (TPSA) is 12.0 Å². The third-order valence-electron chi connectivity index (χ3n) is 4.12. The van der Waals surface area contributed by atoms with E-state index >= 15 is 0 Å². The van der Waals surface area contributed by atoms with Crippen molar-refractivity contribution in [2.24, 2.45) is 0 Å². The highest BCUT2D eigenvalue weighted by molar-refractivity contribution is 9.10. The minimum absolute atomic E-state index is 0.152. The van der Waals surface area contributed by atoms with Crippen molar-refractivity contribution in [2.75, 3.05) is 13.1 Å². The second kappa shape index (κ2) is 6.47. The van der Waals surface area contributed by atoms with Gasteiger partial charge in [-0.15, -0.1) is 0 Å². The molecule has 2 unspecified atom stereocenters. The Labute approximate surface area is 137 Å². The molecule has 110 valence electrons. The zero-order valence-corrected chi connectivity index (χ0v) is 13.8. The number of hydrogen-bond donors (Lipinski definition) is 1. The number of benzene rings is 2. The Morgan fingerprint density at radius 2 is 2.00 bits per heavy atom. The van der Waals surface area contributed by atoms with E-state index in [9.17, 15) is 4.39 Å². The Balaban J connectivity index is 2.00. The van der Waals surface area contributed by atoms with E-state index in [2.05, 4.69) is 33.4 Å². The number of nitrogens with one attached hydrogen (secondary N) is 1. The molecule has 21 heavy (non-hydrogen) atoms. The first-order chi connectivity index (χ1) is 10.1. The van der Waals surface area contributed by atoms with Crippen LogP contribution in [0, 0.1) is 5.82 Å². The predicted octanol–water partition coefficient (Wildman–Crippen LogP) is 5.10. The second-order valence-electron chi connectivity index (χ2n) is 5.43. The molecular weight excluding hydrogens is 353 g/mol. The van der Waals surface area contributed by atoms with Gasteiger partial charge in [0.1, 0.15) is 5.82 Å². The monoisotopic (exact) mass is 367 g/mol. The summed E-state index contributed by atoms with van der Waals surface area (Å²) in [5.41, 5.74) is 1.95. The van der Waals surface area contributed by atoms with Crippen LogP contribution in [-0.4, -0.2) is 13.1 Å². The summed E-state index contributed by atoms with van der Waals surface area (Å²) >= 11 is 9.58. The molecule has 2 atom stereocenters. The van der Waals surface area contributed by atoms with Crippen LogP contribution in [0.5, 0.6) is 0 Å². The SMILES string of the molecule is Fc1ccc(Cl)cc1C1CCNCC1c1cccc(Br)c1. The van der Waals surface area contributed by atoms with Gasteiger partial charge in [-0.1, -0.05) is 39.7 Å². The molecule has 0 bridgehead atoms. The van der Waals surface area contributed by atoms with Crippen LogP contribution < -0.4 is 5.32 Å². The molecule has 2 aromatic rings. The highest BCUT2D eigenvalue weighted by Gasteiger charge is 2.29. The smallest absolute Gasteiger partial charge is 0.126 e. The average molecular weight is 369 g/mol. The van der Waals surface area contributed by atoms with E-state index in [1.54, 1.807) is 12.1 Å². The maximum atomic E-state index is 14.2. The zero-order valence-electron chi connectivity index (χ0n) is 11.5. The molecule has 1 aliphatic rings. The van der Waals surface area contributed by atoms with Crippen LogP contribution in [0.15, 0.2) is 46.9 Å². The van der Waals surface area contributed by atoms with Gasteiger partial charge in [0.15, 0.2) is 0 Å². The summed E-state index contributed by atoms with van der Waals surface area (Å²) in [6.45, 7) is 1.76. The lowest BCUT2D eigenvalue weighted by atomic mass is 9.77. The molecule has 1 aliphatic heterocycles. The number of hydrogen-bond acceptors (Lipinski definition) is 1. The van der Waals surface area contributed by atoms with E-state index in [0.717, 1.165) is 29.5 Å². The molecule has 1 heterocycles. The lowest BCUT2D eigenvalue weighted by molar-refractivity contribution is 0.393. The van der Waals surface area contributed by atoms with Crippen LogP contribution in [0.4, 0.5) is 4.39 Å². The highest BCUT2D eigenvalue weighted by Crippen LogP contribution is 2.39. The lowest BCUT2D eigenvalue weighted by Gasteiger charge is -2.33. The fraction of sp³-hybridized carbons (Fsp3) is 0.294. The number of piperidine rings is 1. The van der Waals surface area contributed by atoms with E-state index in [0.29, 0.717) is 5.02 Å². The normalized spacial score (nSPS) is 22.2. The van der Waals surface area contributed by atoms with Crippen LogP contribution in [0.1, 0.15) is 29.4 Å². The lowest BCUT2D eigenvalue weighted by Crippen LogP contribution is -2.34. The van der Waals surface area contributed by atoms with Crippen molar-refractivity contribution >= 4 is 27.5 Å². The maximum absolute atomic E-state index is 14.2. The van der Waals surface area contributed by atoms with Gasteiger partial charge in [-0.25, -0.2) is 4.39 Å². The van der Waals surface area contributed by atoms with Gasteiger partial charge in [0.25, 0.3) is 0 Å². The van der Waals surface area contributed by atoms with Crippen molar-refractivity contribution in [1.82, 2.24) is 5.32 Å². The van der Waals surface area contributed by atoms with Gasteiger partial charge in [-0.3, -0.25) is 0 Å². The second-order valence-corrected chi connectivity index (χ2v) is 6.78. The molecule has 0 saturated carbocycles. The summed E-state index contributed by atoms with van der Waals surface area (Å²) < 4.78 is 15.3. The van der Waals surface area contributed by atoms with Gasteiger partial charge in [0.2, 0.25) is 0 Å². The Hall–Kier alpha value is -0.900. The summed E-state index contributed by atoms with van der Waals surface area (Å²) in [6, 6.07) is 13.1. The van der Waals surface area contributed by atoms with E-state index in [-0.39, 0.29) is 17.7 Å². The molecule has 0 aromatic heterocycles. The predicted molar refractivity (Wildman–Crippen MR) is 88.5 cm³/mol. The van der Waals surface area contributed by atoms with Crippen LogP contribution in [0.25, 0.3) is 0 Å². The number of halogens is 3. The van der Waals surface area contributed by atoms with Crippen molar-refractivity contribution in [3.05, 3.63) is 68.9 Å². The van der Waals surface area contributed by atoms with Crippen molar-refractivity contribution < 1.29 is 4.39 Å². The molecule has 0 aliphatic carbocycles. The molecule has 0 spiro atoms. The standard InChI is InChI=1S/C17H16BrClFN/c18-12-3-1-2-11(8-12)16-10-21-7-6-14(16)15-9-13(19)4-5-17(15)20/h1-5,8-9,14,16,21H,6-7,10H2. The van der Waals surface area contributed by atoms with Gasteiger partial charge in [-0.05, 0) is 60.3 Å². The van der Waals surface area contributed by atoms with Gasteiger partial charge in [0.05, 0.1) is 0 Å². The molecule has 1 fully saturated rings. The third-order valence-corrected chi connectivity index (χ3v) is 4.84. The van der Waals surface area contributed by atoms with Crippen molar-refractivity contribution in [2.45, 2.75) is 18.3 Å². The van der Waals surface area contributed by atoms with Crippen LogP contribution in [0.3, 0.4) is 0 Å². The molecule has 0 amide bonds. The maximum Gasteiger partial charge on any atom is 0.126 e. The van der Waals surface area contributed by atoms with E-state index in [1.165, 1.54) is 11.6 Å². The molecule has 1 saturated heterocycles. The zero-order chi connectivity index (χ0) is 14.8. The summed E-state index contributed by atoms with van der Waals surface area (Å²) in [4.78, 5) is 0. The van der Waals surface area contributed by atoms with Crippen LogP contribution in [0.2, 0.25) is 5.02 Å². The molecular formula is C17H16BrClFN. The molecule has 1 N–H and O–H groups in total. The molecule has 1 nitrogen and oxygen atoms in total. The van der Waals surface area contributed by atoms with E-state index in [1.807, 2.05) is 12.1 Å². The minimum Gasteiger partial charge on any atom is -0.316 e. The van der Waals surface area contributed by atoms with Gasteiger partial charge < -0.3 is 5.32 Å². The van der Waals surface area contributed by atoms with Gasteiger partial charge in [-0.2, -0.15) is 0 Å². The third kappa shape index (κ3) is 3.31. The largest absolute Gasteiger partial charge is 0.316 e. The molecule has 3 rings (SSSR count). The van der Waals surface area contributed by atoms with E-state index < -0.39 is 0 Å². The van der Waals surface area contributed by atoms with Gasteiger partial charge >= 0.3 is 0 Å². The Kier molecular flexibility index (Phi) is 4.63. The molecule has 4 heteroatoms. The number of rotatable bonds is 2. The highest BCUT2D eigenvalue weighted by atomic mass is 79.9. The van der Waals surface area contributed by atoms with Crippen LogP contribution >= 0.6 is 27.5 Å². The first-order valence-electron chi connectivity index (χ1n) is 7.06. The first kappa shape index (κ1) is 15.0. The molecule has 0 radical (unpaired) electrons. The quantitative estimate of drug-likeness (QED) is 0.777. The molecule has 2 aromatic carbocycles. The van der Waals surface area contributed by atoms with Crippen molar-refractivity contribution in [3.8, 4) is 0 Å². The van der Waals surface area contributed by atoms with Crippen LogP contribution in [-0.2, 0) is 0 Å². The summed E-state index contributed by atoms with van der Waals surface area (Å²) in [5, 5.41) is 4.01. The van der Waals surface area contributed by atoms with Gasteiger partial charge in [0, 0.05) is 22.0 Å². The van der Waals surface area contributed by atoms with E-state index in [4.69, 9.17) is 11.6 Å².